The Hall–Kier alpha value is -3.82. The van der Waals surface area contributed by atoms with Crippen molar-refractivity contribution in [3.8, 4) is 6.07 Å². The lowest BCUT2D eigenvalue weighted by atomic mass is 9.78. The molecule has 0 spiro atoms. The third-order valence-corrected chi connectivity index (χ3v) is 10.2. The number of pyridine rings is 1. The van der Waals surface area contributed by atoms with Gasteiger partial charge >= 0.3 is 0 Å². The Balaban J connectivity index is 0.00000390. The average molecular weight is 775 g/mol. The van der Waals surface area contributed by atoms with Crippen LogP contribution >= 0.6 is 11.6 Å². The molecule has 55 heavy (non-hydrogen) atoms. The number of aldehydes is 1. The van der Waals surface area contributed by atoms with Crippen molar-refractivity contribution in [2.45, 2.75) is 154 Å². The minimum absolute atomic E-state index is 0.118. The van der Waals surface area contributed by atoms with E-state index in [1.54, 1.807) is 12.3 Å². The molecule has 304 valence electrons. The van der Waals surface area contributed by atoms with Crippen LogP contribution in [0.25, 0.3) is 5.57 Å². The number of allylic oxidation sites excluding steroid dienone is 5. The lowest BCUT2D eigenvalue weighted by Gasteiger charge is -2.26. The molecule has 7 heteroatoms. The molecule has 2 aromatic rings. The van der Waals surface area contributed by atoms with Gasteiger partial charge in [0, 0.05) is 54.9 Å². The van der Waals surface area contributed by atoms with Crippen LogP contribution in [0.3, 0.4) is 0 Å². The molecule has 6 nitrogen and oxygen atoms in total. The predicted molar refractivity (Wildman–Crippen MR) is 234 cm³/mol. The molecule has 1 aromatic carbocycles. The maximum Gasteiger partial charge on any atom is 0.166 e. The Kier molecular flexibility index (Phi) is 26.6. The zero-order valence-corrected chi connectivity index (χ0v) is 37.3. The van der Waals surface area contributed by atoms with Crippen LogP contribution in [0.5, 0.6) is 0 Å². The number of aryl methyl sites for hydroxylation is 1. The number of hydrogen-bond acceptors (Lipinski definition) is 6. The lowest BCUT2D eigenvalue weighted by Crippen LogP contribution is -2.25. The van der Waals surface area contributed by atoms with Crippen molar-refractivity contribution in [3.05, 3.63) is 92.4 Å². The van der Waals surface area contributed by atoms with Gasteiger partial charge in [0.1, 0.15) is 18.1 Å². The predicted octanol–water partition coefficient (Wildman–Crippen LogP) is 13.4. The quantitative estimate of drug-likeness (QED) is 0.117. The first-order valence-corrected chi connectivity index (χ1v) is 21.3. The summed E-state index contributed by atoms with van der Waals surface area (Å²) in [4.78, 5) is 41.8. The number of nitrogens with zero attached hydrogens (tertiary/aromatic N) is 3. The molecule has 1 saturated heterocycles. The minimum Gasteiger partial charge on any atom is -0.367 e. The third-order valence-electron chi connectivity index (χ3n) is 9.96. The highest BCUT2D eigenvalue weighted by molar-refractivity contribution is 6.32. The summed E-state index contributed by atoms with van der Waals surface area (Å²) in [6.45, 7) is 28.1. The first-order chi connectivity index (χ1) is 26.4. The van der Waals surface area contributed by atoms with Crippen LogP contribution in [0.4, 0.5) is 0 Å². The van der Waals surface area contributed by atoms with E-state index in [9.17, 15) is 14.9 Å². The fourth-order valence-corrected chi connectivity index (χ4v) is 7.08. The molecule has 3 atom stereocenters. The summed E-state index contributed by atoms with van der Waals surface area (Å²) in [5.74, 6) is 0.895. The van der Waals surface area contributed by atoms with Crippen molar-refractivity contribution >= 4 is 35.0 Å². The van der Waals surface area contributed by atoms with Crippen molar-refractivity contribution in [2.75, 3.05) is 6.54 Å². The smallest absolute Gasteiger partial charge is 0.166 e. The van der Waals surface area contributed by atoms with E-state index in [4.69, 9.17) is 16.4 Å². The van der Waals surface area contributed by atoms with Crippen LogP contribution in [0.2, 0.25) is 5.02 Å². The van der Waals surface area contributed by atoms with Gasteiger partial charge < -0.3 is 9.69 Å². The van der Waals surface area contributed by atoms with Gasteiger partial charge in [-0.1, -0.05) is 130 Å². The lowest BCUT2D eigenvalue weighted by molar-refractivity contribution is -0.119. The van der Waals surface area contributed by atoms with E-state index in [2.05, 4.69) is 81.8 Å². The number of carbonyl (C=O) groups is 3. The van der Waals surface area contributed by atoms with Gasteiger partial charge in [0.05, 0.1) is 16.3 Å². The van der Waals surface area contributed by atoms with Crippen molar-refractivity contribution in [2.24, 2.45) is 17.8 Å². The normalized spacial score (nSPS) is 15.5. The third kappa shape index (κ3) is 16.1. The van der Waals surface area contributed by atoms with Crippen molar-refractivity contribution in [1.82, 2.24) is 9.88 Å². The highest BCUT2D eigenvalue weighted by atomic mass is 35.5. The number of rotatable bonds is 17. The highest BCUT2D eigenvalue weighted by Crippen LogP contribution is 2.39. The Bertz CT molecular complexity index is 1630. The van der Waals surface area contributed by atoms with Crippen molar-refractivity contribution in [3.63, 3.8) is 0 Å². The molecule has 1 aliphatic rings. The zero-order valence-electron chi connectivity index (χ0n) is 36.6. The van der Waals surface area contributed by atoms with E-state index in [1.165, 1.54) is 29.3 Å². The number of benzene rings is 1. The van der Waals surface area contributed by atoms with Gasteiger partial charge in [-0.3, -0.25) is 14.6 Å². The summed E-state index contributed by atoms with van der Waals surface area (Å²) in [5, 5.41) is 9.89. The summed E-state index contributed by atoms with van der Waals surface area (Å²) >= 11 is 6.75. The molecule has 3 rings (SSSR count). The molecule has 1 fully saturated rings. The van der Waals surface area contributed by atoms with Crippen LogP contribution in [0.15, 0.2) is 59.5 Å². The van der Waals surface area contributed by atoms with Gasteiger partial charge in [-0.25, -0.2) is 0 Å². The van der Waals surface area contributed by atoms with Crippen molar-refractivity contribution < 1.29 is 14.4 Å². The first kappa shape index (κ1) is 51.2. The summed E-state index contributed by atoms with van der Waals surface area (Å²) in [5.41, 5.74) is 8.98. The molecule has 3 unspecified atom stereocenters. The highest BCUT2D eigenvalue weighted by Gasteiger charge is 2.29. The molecular formula is C48H72ClN3O3. The summed E-state index contributed by atoms with van der Waals surface area (Å²) in [6.07, 6.45) is 14.4. The number of ketones is 2. The molecule has 0 radical (unpaired) electrons. The second-order valence-electron chi connectivity index (χ2n) is 13.9. The standard InChI is InChI=1S/C42H56ClN3O2.C2H4O.2C2H6/c1-9-13-28(5)22-38(41-39(43)24-33(25-44)26-45-41)37-20-21-46(40(37)15-11-3)27-32-17-19-36(34(12-4)23-32)42(48)31(8)30(7)29(6)16-18-35(47)14-10-2;1-2-3;2*1-2/h15,17,19,22-24,26,29-31H,9-14,16,18,20-21,27H2,1-8H3;2H,1H3;2*1-2H3/b28-22+,38-37+,40-15+;;;. The average Bonchev–Trinajstić information content (AvgIpc) is 3.58. The maximum absolute atomic E-state index is 13.8. The largest absolute Gasteiger partial charge is 0.367 e. The number of nitriles is 1. The molecule has 1 aromatic heterocycles. The Morgan fingerprint density at radius 1 is 1.00 bits per heavy atom. The van der Waals surface area contributed by atoms with Gasteiger partial charge in [-0.2, -0.15) is 5.26 Å². The molecule has 0 N–H and O–H groups in total. The Morgan fingerprint density at radius 2 is 1.64 bits per heavy atom. The van der Waals surface area contributed by atoms with Gasteiger partial charge in [-0.05, 0) is 87.0 Å². The van der Waals surface area contributed by atoms with E-state index >= 15 is 0 Å². The monoisotopic (exact) mass is 774 g/mol. The fraction of sp³-hybridized carbons (Fsp3) is 0.562. The molecular weight excluding hydrogens is 702 g/mol. The summed E-state index contributed by atoms with van der Waals surface area (Å²) in [7, 11) is 0. The number of aromatic nitrogens is 1. The molecule has 0 bridgehead atoms. The van der Waals surface area contributed by atoms with Crippen LogP contribution in [0, 0.1) is 29.1 Å². The Morgan fingerprint density at radius 3 is 2.18 bits per heavy atom. The van der Waals surface area contributed by atoms with Crippen LogP contribution < -0.4 is 0 Å². The van der Waals surface area contributed by atoms with E-state index in [-0.39, 0.29) is 17.6 Å². The Labute approximate surface area is 340 Å². The number of Topliss-reactive ketones (excluding diaryl/α,β-unsaturated/α-hetero) is 2. The molecule has 0 amide bonds. The summed E-state index contributed by atoms with van der Waals surface area (Å²) < 4.78 is 0. The van der Waals surface area contributed by atoms with Gasteiger partial charge in [0.15, 0.2) is 5.78 Å². The van der Waals surface area contributed by atoms with Gasteiger partial charge in [0.2, 0.25) is 0 Å². The first-order valence-electron chi connectivity index (χ1n) is 20.9. The van der Waals surface area contributed by atoms with E-state index in [0.717, 1.165) is 81.0 Å². The minimum atomic E-state index is -0.118. The fourth-order valence-electron chi connectivity index (χ4n) is 6.81. The number of halogens is 1. The topological polar surface area (TPSA) is 91.1 Å². The number of likely N-dealkylation sites (tertiary alicyclic amines) is 1. The van der Waals surface area contributed by atoms with Gasteiger partial charge in [0.25, 0.3) is 0 Å². The van der Waals surface area contributed by atoms with Crippen LogP contribution in [-0.2, 0) is 22.6 Å². The molecule has 0 aliphatic carbocycles. The van der Waals surface area contributed by atoms with Gasteiger partial charge in [-0.15, -0.1) is 0 Å². The maximum atomic E-state index is 13.8. The molecule has 0 saturated carbocycles. The molecule has 1 aliphatic heterocycles. The molecule has 2 heterocycles. The zero-order chi connectivity index (χ0) is 42.1. The van der Waals surface area contributed by atoms with E-state index < -0.39 is 0 Å². The van der Waals surface area contributed by atoms with E-state index in [0.29, 0.717) is 40.8 Å². The van der Waals surface area contributed by atoms with Crippen LogP contribution in [0.1, 0.15) is 174 Å². The van der Waals surface area contributed by atoms with Crippen molar-refractivity contribution in [1.29, 1.82) is 5.26 Å². The number of carbonyl (C=O) groups excluding carboxylic acids is 3. The second-order valence-corrected chi connectivity index (χ2v) is 14.3. The SMILES string of the molecule is CC.CC.CC=O.CC\C=C1/C(=C(\C=C(/C)CCC)c2ncc(C#N)cc2Cl)CCN1Cc1ccc(C(=O)C(C)C(C)C(C)CCC(=O)CCC)c(CC)c1. The van der Waals surface area contributed by atoms with E-state index in [1.807, 2.05) is 47.6 Å². The van der Waals surface area contributed by atoms with Crippen LogP contribution in [-0.4, -0.2) is 34.3 Å². The second kappa shape index (κ2) is 28.6. The summed E-state index contributed by atoms with van der Waals surface area (Å²) in [6, 6.07) is 10.2. The number of hydrogen-bond donors (Lipinski definition) is 0.